The molecule has 3 nitrogen and oxygen atoms in total. The van der Waals surface area contributed by atoms with Gasteiger partial charge in [0.15, 0.2) is 0 Å². The first kappa shape index (κ1) is 13.0. The van der Waals surface area contributed by atoms with Crippen LogP contribution in [0.15, 0.2) is 24.3 Å². The molecule has 0 bridgehead atoms. The highest BCUT2D eigenvalue weighted by atomic mass is 35.5. The van der Waals surface area contributed by atoms with Gasteiger partial charge in [-0.3, -0.25) is 10.3 Å². The number of amidine groups is 1. The lowest BCUT2D eigenvalue weighted by molar-refractivity contribution is 0.288. The smallest absolute Gasteiger partial charge is 0.0918 e. The molecule has 0 aliphatic carbocycles. The van der Waals surface area contributed by atoms with Gasteiger partial charge in [-0.25, -0.2) is 0 Å². The minimum Gasteiger partial charge on any atom is -0.388 e. The molecular weight excluding hydrogens is 222 g/mol. The molecule has 0 saturated carbocycles. The van der Waals surface area contributed by atoms with Crippen LogP contribution in [0.3, 0.4) is 0 Å². The molecule has 0 heterocycles. The van der Waals surface area contributed by atoms with Crippen molar-refractivity contribution in [2.75, 3.05) is 13.1 Å². The lowest BCUT2D eigenvalue weighted by atomic mass is 10.2. The van der Waals surface area contributed by atoms with Crippen molar-refractivity contribution < 1.29 is 0 Å². The Balaban J connectivity index is 2.52. The van der Waals surface area contributed by atoms with Gasteiger partial charge >= 0.3 is 0 Å². The minimum atomic E-state index is 0.240. The van der Waals surface area contributed by atoms with E-state index in [9.17, 15) is 0 Å². The van der Waals surface area contributed by atoms with E-state index in [0.29, 0.717) is 6.42 Å². The van der Waals surface area contributed by atoms with Crippen molar-refractivity contribution in [3.8, 4) is 0 Å². The molecule has 1 aromatic carbocycles. The van der Waals surface area contributed by atoms with Gasteiger partial charge in [0, 0.05) is 24.5 Å². The van der Waals surface area contributed by atoms with Crippen LogP contribution in [0.25, 0.3) is 0 Å². The van der Waals surface area contributed by atoms with Gasteiger partial charge in [0.2, 0.25) is 0 Å². The second kappa shape index (κ2) is 6.51. The summed E-state index contributed by atoms with van der Waals surface area (Å²) in [5, 5.41) is 7.97. The molecule has 0 aliphatic rings. The molecule has 0 spiro atoms. The fraction of sp³-hybridized carbons (Fsp3) is 0.417. The van der Waals surface area contributed by atoms with Crippen molar-refractivity contribution in [2.24, 2.45) is 5.73 Å². The zero-order chi connectivity index (χ0) is 12.0. The number of hydrogen-bond donors (Lipinski definition) is 2. The van der Waals surface area contributed by atoms with Crippen LogP contribution in [0.5, 0.6) is 0 Å². The van der Waals surface area contributed by atoms with Gasteiger partial charge in [0.25, 0.3) is 0 Å². The number of hydrogen-bond acceptors (Lipinski definition) is 2. The molecule has 1 rings (SSSR count). The normalized spacial score (nSPS) is 10.7. The van der Waals surface area contributed by atoms with Crippen molar-refractivity contribution in [3.63, 3.8) is 0 Å². The third-order valence-electron chi connectivity index (χ3n) is 2.44. The summed E-state index contributed by atoms with van der Waals surface area (Å²) in [6.45, 7) is 4.72. The third-order valence-corrected chi connectivity index (χ3v) is 2.67. The van der Waals surface area contributed by atoms with Crippen molar-refractivity contribution >= 4 is 17.4 Å². The Morgan fingerprint density at radius 2 is 2.25 bits per heavy atom. The maximum Gasteiger partial charge on any atom is 0.0918 e. The van der Waals surface area contributed by atoms with E-state index in [4.69, 9.17) is 22.7 Å². The maximum absolute atomic E-state index is 7.21. The van der Waals surface area contributed by atoms with Crippen molar-refractivity contribution in [2.45, 2.75) is 19.9 Å². The molecule has 4 heteroatoms. The zero-order valence-electron chi connectivity index (χ0n) is 9.54. The molecule has 0 aliphatic heterocycles. The first-order valence-electron chi connectivity index (χ1n) is 5.41. The van der Waals surface area contributed by atoms with Crippen LogP contribution in [-0.2, 0) is 6.54 Å². The first-order chi connectivity index (χ1) is 7.61. The van der Waals surface area contributed by atoms with E-state index >= 15 is 0 Å². The SMILES string of the molecule is CCN(CCC(=N)N)Cc1cccc(Cl)c1. The van der Waals surface area contributed by atoms with Gasteiger partial charge in [0.1, 0.15) is 0 Å². The molecule has 3 N–H and O–H groups in total. The summed E-state index contributed by atoms with van der Waals surface area (Å²) in [7, 11) is 0. The van der Waals surface area contributed by atoms with Gasteiger partial charge < -0.3 is 5.73 Å². The van der Waals surface area contributed by atoms with Gasteiger partial charge in [-0.15, -0.1) is 0 Å². The third kappa shape index (κ3) is 4.64. The number of rotatable bonds is 6. The molecule has 0 radical (unpaired) electrons. The number of halogens is 1. The fourth-order valence-electron chi connectivity index (χ4n) is 1.52. The Labute approximate surface area is 102 Å². The van der Waals surface area contributed by atoms with Crippen LogP contribution >= 0.6 is 11.6 Å². The fourth-order valence-corrected chi connectivity index (χ4v) is 1.73. The van der Waals surface area contributed by atoms with E-state index < -0.39 is 0 Å². The van der Waals surface area contributed by atoms with Gasteiger partial charge in [-0.05, 0) is 24.2 Å². The monoisotopic (exact) mass is 239 g/mol. The summed E-state index contributed by atoms with van der Waals surface area (Å²) in [6.07, 6.45) is 0.619. The first-order valence-corrected chi connectivity index (χ1v) is 5.79. The van der Waals surface area contributed by atoms with Gasteiger partial charge in [-0.1, -0.05) is 30.7 Å². The van der Waals surface area contributed by atoms with Crippen LogP contribution in [-0.4, -0.2) is 23.8 Å². The second-order valence-electron chi connectivity index (χ2n) is 3.77. The molecule has 0 unspecified atom stereocenters. The van der Waals surface area contributed by atoms with E-state index in [0.717, 1.165) is 24.7 Å². The Bertz CT molecular complexity index is 352. The molecule has 88 valence electrons. The highest BCUT2D eigenvalue weighted by Gasteiger charge is 2.04. The second-order valence-corrected chi connectivity index (χ2v) is 4.21. The molecule has 1 aromatic rings. The van der Waals surface area contributed by atoms with Crippen molar-refractivity contribution in [3.05, 3.63) is 34.9 Å². The molecule has 16 heavy (non-hydrogen) atoms. The predicted molar refractivity (Wildman–Crippen MR) is 68.9 cm³/mol. The summed E-state index contributed by atoms with van der Waals surface area (Å²) in [6, 6.07) is 7.85. The van der Waals surface area contributed by atoms with E-state index in [1.165, 1.54) is 5.56 Å². The number of benzene rings is 1. The van der Waals surface area contributed by atoms with Gasteiger partial charge in [0.05, 0.1) is 5.84 Å². The van der Waals surface area contributed by atoms with Crippen molar-refractivity contribution in [1.82, 2.24) is 4.90 Å². The van der Waals surface area contributed by atoms with E-state index in [1.54, 1.807) is 0 Å². The highest BCUT2D eigenvalue weighted by Crippen LogP contribution is 2.12. The van der Waals surface area contributed by atoms with Crippen LogP contribution in [0.1, 0.15) is 18.9 Å². The van der Waals surface area contributed by atoms with E-state index in [1.807, 2.05) is 18.2 Å². The van der Waals surface area contributed by atoms with Crippen LogP contribution in [0.2, 0.25) is 5.02 Å². The predicted octanol–water partition coefficient (Wildman–Crippen LogP) is 2.49. The Morgan fingerprint density at radius 1 is 1.50 bits per heavy atom. The quantitative estimate of drug-likeness (QED) is 0.592. The molecule has 0 atom stereocenters. The van der Waals surface area contributed by atoms with Crippen molar-refractivity contribution in [1.29, 1.82) is 5.41 Å². The minimum absolute atomic E-state index is 0.240. The Hall–Kier alpha value is -1.06. The summed E-state index contributed by atoms with van der Waals surface area (Å²) < 4.78 is 0. The van der Waals surface area contributed by atoms with E-state index in [-0.39, 0.29) is 5.84 Å². The lowest BCUT2D eigenvalue weighted by Gasteiger charge is -2.20. The molecule has 0 amide bonds. The average molecular weight is 240 g/mol. The Kier molecular flexibility index (Phi) is 5.29. The summed E-state index contributed by atoms with van der Waals surface area (Å²) >= 11 is 5.93. The molecule has 0 aromatic heterocycles. The van der Waals surface area contributed by atoms with Crippen LogP contribution in [0, 0.1) is 5.41 Å². The molecule has 0 fully saturated rings. The maximum atomic E-state index is 7.21. The Morgan fingerprint density at radius 3 is 2.81 bits per heavy atom. The highest BCUT2D eigenvalue weighted by molar-refractivity contribution is 6.30. The van der Waals surface area contributed by atoms with E-state index in [2.05, 4.69) is 17.9 Å². The summed E-state index contributed by atoms with van der Waals surface area (Å²) in [5.74, 6) is 0.240. The molecule has 0 saturated heterocycles. The lowest BCUT2D eigenvalue weighted by Crippen LogP contribution is -2.27. The topological polar surface area (TPSA) is 53.1 Å². The largest absolute Gasteiger partial charge is 0.388 e. The molecular formula is C12H18ClN3. The van der Waals surface area contributed by atoms with Crippen LogP contribution < -0.4 is 5.73 Å². The van der Waals surface area contributed by atoms with Crippen LogP contribution in [0.4, 0.5) is 0 Å². The number of nitrogens with zero attached hydrogens (tertiary/aromatic N) is 1. The van der Waals surface area contributed by atoms with Gasteiger partial charge in [-0.2, -0.15) is 0 Å². The average Bonchev–Trinajstić information content (AvgIpc) is 2.24. The zero-order valence-corrected chi connectivity index (χ0v) is 10.3. The summed E-state index contributed by atoms with van der Waals surface area (Å²) in [4.78, 5) is 2.24. The summed E-state index contributed by atoms with van der Waals surface area (Å²) in [5.41, 5.74) is 6.54. The standard InChI is InChI=1S/C12H18ClN3/c1-2-16(7-6-12(14)15)9-10-4-3-5-11(13)8-10/h3-5,8H,2,6-7,9H2,1H3,(H3,14,15). The number of nitrogens with two attached hydrogens (primary N) is 1. The number of nitrogens with one attached hydrogen (secondary N) is 1.